The van der Waals surface area contributed by atoms with Crippen LogP contribution in [0.2, 0.25) is 0 Å². The molecule has 0 bridgehead atoms. The highest BCUT2D eigenvalue weighted by atomic mass is 32.1. The molecule has 0 amide bonds. The van der Waals surface area contributed by atoms with Gasteiger partial charge >= 0.3 is 0 Å². The molecule has 1 aromatic carbocycles. The summed E-state index contributed by atoms with van der Waals surface area (Å²) in [5.41, 5.74) is 8.10. The minimum atomic E-state index is 0.872. The van der Waals surface area contributed by atoms with Gasteiger partial charge in [0, 0.05) is 18.0 Å². The lowest BCUT2D eigenvalue weighted by Gasteiger charge is -2.25. The molecule has 0 spiro atoms. The number of hydrogen-bond donors (Lipinski definition) is 1. The highest BCUT2D eigenvalue weighted by molar-refractivity contribution is 7.09. The Morgan fingerprint density at radius 1 is 1.11 bits per heavy atom. The fourth-order valence-corrected chi connectivity index (χ4v) is 2.80. The van der Waals surface area contributed by atoms with E-state index in [1.807, 2.05) is 23.5 Å². The lowest BCUT2D eigenvalue weighted by molar-refractivity contribution is 0.761. The summed E-state index contributed by atoms with van der Waals surface area (Å²) >= 11 is 1.82. The van der Waals surface area contributed by atoms with Crippen molar-refractivity contribution in [3.8, 4) is 0 Å². The van der Waals surface area contributed by atoms with Crippen molar-refractivity contribution in [3.63, 3.8) is 0 Å². The van der Waals surface area contributed by atoms with E-state index in [0.717, 1.165) is 37.3 Å². The van der Waals surface area contributed by atoms with Gasteiger partial charge in [0.1, 0.15) is 0 Å². The molecule has 0 atom stereocenters. The maximum atomic E-state index is 6.06. The third-order valence-electron chi connectivity index (χ3n) is 2.98. The van der Waals surface area contributed by atoms with Gasteiger partial charge in [0.15, 0.2) is 0 Å². The van der Waals surface area contributed by atoms with E-state index in [1.54, 1.807) is 0 Å². The highest BCUT2D eigenvalue weighted by Gasteiger charge is 2.08. The molecule has 1 heterocycles. The van der Waals surface area contributed by atoms with Gasteiger partial charge in [-0.15, -0.1) is 11.3 Å². The Bertz CT molecular complexity index is 465. The van der Waals surface area contributed by atoms with Gasteiger partial charge in [-0.1, -0.05) is 25.1 Å². The van der Waals surface area contributed by atoms with Crippen LogP contribution in [0.5, 0.6) is 0 Å². The molecule has 2 N–H and O–H groups in total. The summed E-state index contributed by atoms with van der Waals surface area (Å²) in [7, 11) is 0. The van der Waals surface area contributed by atoms with E-state index in [2.05, 4.69) is 41.5 Å². The number of thiophene rings is 1. The van der Waals surface area contributed by atoms with Crippen molar-refractivity contribution in [3.05, 3.63) is 46.7 Å². The Morgan fingerprint density at radius 2 is 1.94 bits per heavy atom. The lowest BCUT2D eigenvalue weighted by atomic mass is 10.2. The first-order valence-electron chi connectivity index (χ1n) is 6.43. The zero-order chi connectivity index (χ0) is 12.8. The monoisotopic (exact) mass is 260 g/mol. The normalized spacial score (nSPS) is 10.5. The molecule has 0 unspecified atom stereocenters. The van der Waals surface area contributed by atoms with E-state index < -0.39 is 0 Å². The van der Waals surface area contributed by atoms with Gasteiger partial charge in [-0.05, 0) is 36.4 Å². The molecule has 0 fully saturated rings. The van der Waals surface area contributed by atoms with Gasteiger partial charge in [0.25, 0.3) is 0 Å². The predicted molar refractivity (Wildman–Crippen MR) is 81.4 cm³/mol. The third kappa shape index (κ3) is 3.26. The fourth-order valence-electron chi connectivity index (χ4n) is 2.10. The molecular formula is C15H20N2S. The second kappa shape index (κ2) is 6.45. The van der Waals surface area contributed by atoms with Gasteiger partial charge < -0.3 is 10.6 Å². The average molecular weight is 260 g/mol. The quantitative estimate of drug-likeness (QED) is 0.801. The van der Waals surface area contributed by atoms with Gasteiger partial charge in [0.05, 0.1) is 11.4 Å². The Balaban J connectivity index is 2.06. The molecule has 1 aromatic heterocycles. The molecule has 0 aliphatic rings. The molecule has 0 aliphatic carbocycles. The van der Waals surface area contributed by atoms with E-state index in [-0.39, 0.29) is 0 Å². The van der Waals surface area contributed by atoms with E-state index >= 15 is 0 Å². The molecule has 2 rings (SSSR count). The number of para-hydroxylation sites is 2. The van der Waals surface area contributed by atoms with E-state index in [0.29, 0.717) is 0 Å². The molecule has 2 nitrogen and oxygen atoms in total. The first kappa shape index (κ1) is 13.0. The maximum Gasteiger partial charge on any atom is 0.0600 e. The molecule has 18 heavy (non-hydrogen) atoms. The van der Waals surface area contributed by atoms with E-state index in [1.165, 1.54) is 4.88 Å². The summed E-state index contributed by atoms with van der Waals surface area (Å²) in [6, 6.07) is 12.4. The molecule has 0 saturated heterocycles. The van der Waals surface area contributed by atoms with Crippen LogP contribution in [0.15, 0.2) is 41.8 Å². The van der Waals surface area contributed by atoms with Crippen molar-refractivity contribution >= 4 is 22.7 Å². The molecule has 2 aromatic rings. The minimum Gasteiger partial charge on any atom is -0.397 e. The fraction of sp³-hybridized carbons (Fsp3) is 0.333. The Morgan fingerprint density at radius 3 is 2.61 bits per heavy atom. The minimum absolute atomic E-state index is 0.872. The topological polar surface area (TPSA) is 29.3 Å². The molecule has 0 radical (unpaired) electrons. The van der Waals surface area contributed by atoms with Crippen LogP contribution in [0.1, 0.15) is 18.2 Å². The largest absolute Gasteiger partial charge is 0.397 e. The molecule has 0 aliphatic heterocycles. The van der Waals surface area contributed by atoms with Crippen LogP contribution in [-0.2, 0) is 6.42 Å². The number of nitrogens with two attached hydrogens (primary N) is 1. The lowest BCUT2D eigenvalue weighted by Crippen LogP contribution is -2.27. The second-order valence-electron chi connectivity index (χ2n) is 4.38. The van der Waals surface area contributed by atoms with Crippen LogP contribution in [-0.4, -0.2) is 13.1 Å². The summed E-state index contributed by atoms with van der Waals surface area (Å²) < 4.78 is 0. The van der Waals surface area contributed by atoms with Crippen LogP contribution in [0.25, 0.3) is 0 Å². The summed E-state index contributed by atoms with van der Waals surface area (Å²) in [5, 5.41) is 2.14. The van der Waals surface area contributed by atoms with Crippen LogP contribution in [0, 0.1) is 0 Å². The third-order valence-corrected chi connectivity index (χ3v) is 3.92. The summed E-state index contributed by atoms with van der Waals surface area (Å²) in [6.07, 6.45) is 2.23. The Hall–Kier alpha value is -1.48. The highest BCUT2D eigenvalue weighted by Crippen LogP contribution is 2.23. The smallest absolute Gasteiger partial charge is 0.0600 e. The zero-order valence-corrected chi connectivity index (χ0v) is 11.6. The maximum absolute atomic E-state index is 6.06. The Kier molecular flexibility index (Phi) is 4.65. The molecule has 0 saturated carbocycles. The van der Waals surface area contributed by atoms with Crippen molar-refractivity contribution in [2.45, 2.75) is 19.8 Å². The number of nitrogen functional groups attached to an aromatic ring is 1. The zero-order valence-electron chi connectivity index (χ0n) is 10.8. The summed E-state index contributed by atoms with van der Waals surface area (Å²) in [4.78, 5) is 3.82. The first-order valence-corrected chi connectivity index (χ1v) is 7.31. The Labute approximate surface area is 113 Å². The summed E-state index contributed by atoms with van der Waals surface area (Å²) in [5.74, 6) is 0. The number of hydrogen-bond acceptors (Lipinski definition) is 3. The van der Waals surface area contributed by atoms with Gasteiger partial charge in [-0.25, -0.2) is 0 Å². The number of nitrogens with zero attached hydrogens (tertiary/aromatic N) is 1. The van der Waals surface area contributed by atoms with Crippen molar-refractivity contribution in [2.24, 2.45) is 0 Å². The van der Waals surface area contributed by atoms with Crippen LogP contribution in [0.3, 0.4) is 0 Å². The van der Waals surface area contributed by atoms with E-state index in [9.17, 15) is 0 Å². The predicted octanol–water partition coefficient (Wildman–Crippen LogP) is 3.79. The van der Waals surface area contributed by atoms with Crippen LogP contribution < -0.4 is 10.6 Å². The second-order valence-corrected chi connectivity index (χ2v) is 5.41. The molecular weight excluding hydrogens is 240 g/mol. The standard InChI is InChI=1S/C15H20N2S/c1-2-10-17(11-9-13-6-5-12-18-13)15-8-4-3-7-14(15)16/h3-8,12H,2,9-11,16H2,1H3. The van der Waals surface area contributed by atoms with Crippen molar-refractivity contribution in [2.75, 3.05) is 23.7 Å². The van der Waals surface area contributed by atoms with Crippen molar-refractivity contribution in [1.82, 2.24) is 0 Å². The number of anilines is 2. The van der Waals surface area contributed by atoms with Gasteiger partial charge in [-0.3, -0.25) is 0 Å². The number of benzene rings is 1. The van der Waals surface area contributed by atoms with E-state index in [4.69, 9.17) is 5.73 Å². The number of rotatable bonds is 6. The SMILES string of the molecule is CCCN(CCc1cccs1)c1ccccc1N. The summed E-state index contributed by atoms with van der Waals surface area (Å²) in [6.45, 7) is 4.29. The first-order chi connectivity index (χ1) is 8.81. The average Bonchev–Trinajstić information content (AvgIpc) is 2.88. The van der Waals surface area contributed by atoms with Crippen molar-refractivity contribution < 1.29 is 0 Å². The van der Waals surface area contributed by atoms with Crippen molar-refractivity contribution in [1.29, 1.82) is 0 Å². The van der Waals surface area contributed by atoms with Crippen LogP contribution >= 0.6 is 11.3 Å². The molecule has 3 heteroatoms. The van der Waals surface area contributed by atoms with Gasteiger partial charge in [-0.2, -0.15) is 0 Å². The molecule has 96 valence electrons. The van der Waals surface area contributed by atoms with Crippen LogP contribution in [0.4, 0.5) is 11.4 Å². The van der Waals surface area contributed by atoms with Gasteiger partial charge in [0.2, 0.25) is 0 Å².